The van der Waals surface area contributed by atoms with Crippen LogP contribution in [0.4, 0.5) is 5.69 Å². The van der Waals surface area contributed by atoms with Crippen LogP contribution in [0.1, 0.15) is 31.8 Å². The SMILES string of the molecule is O=C(Nc1cc(CCc2ccccc2)ccc1C(=O)O)c1ccc(Cl)cc1. The van der Waals surface area contributed by atoms with Crippen molar-refractivity contribution in [2.45, 2.75) is 12.8 Å². The molecule has 136 valence electrons. The van der Waals surface area contributed by atoms with Gasteiger partial charge in [0.15, 0.2) is 0 Å². The van der Waals surface area contributed by atoms with Gasteiger partial charge in [-0.3, -0.25) is 4.79 Å². The van der Waals surface area contributed by atoms with E-state index in [-0.39, 0.29) is 17.2 Å². The van der Waals surface area contributed by atoms with E-state index in [1.807, 2.05) is 18.2 Å². The van der Waals surface area contributed by atoms with Crippen LogP contribution in [0.3, 0.4) is 0 Å². The largest absolute Gasteiger partial charge is 0.478 e. The smallest absolute Gasteiger partial charge is 0.337 e. The molecule has 0 fully saturated rings. The predicted molar refractivity (Wildman–Crippen MR) is 107 cm³/mol. The van der Waals surface area contributed by atoms with Crippen molar-refractivity contribution >= 4 is 29.2 Å². The number of carboxylic acids is 1. The maximum absolute atomic E-state index is 12.4. The highest BCUT2D eigenvalue weighted by molar-refractivity contribution is 6.30. The van der Waals surface area contributed by atoms with Gasteiger partial charge in [0.2, 0.25) is 0 Å². The van der Waals surface area contributed by atoms with E-state index >= 15 is 0 Å². The van der Waals surface area contributed by atoms with Crippen molar-refractivity contribution in [2.24, 2.45) is 0 Å². The molecule has 0 spiro atoms. The first-order valence-electron chi connectivity index (χ1n) is 8.50. The quantitative estimate of drug-likeness (QED) is 0.628. The van der Waals surface area contributed by atoms with Crippen molar-refractivity contribution in [1.29, 1.82) is 0 Å². The van der Waals surface area contributed by atoms with Crippen LogP contribution in [-0.2, 0) is 12.8 Å². The van der Waals surface area contributed by atoms with Gasteiger partial charge in [0.05, 0.1) is 11.3 Å². The van der Waals surface area contributed by atoms with Crippen LogP contribution < -0.4 is 5.32 Å². The van der Waals surface area contributed by atoms with E-state index in [0.29, 0.717) is 10.6 Å². The summed E-state index contributed by atoms with van der Waals surface area (Å²) in [6.45, 7) is 0. The molecule has 0 aliphatic heterocycles. The predicted octanol–water partition coefficient (Wildman–Crippen LogP) is 5.08. The molecule has 0 heterocycles. The number of carboxylic acid groups (broad SMARTS) is 1. The second-order valence-electron chi connectivity index (χ2n) is 6.13. The van der Waals surface area contributed by atoms with E-state index in [9.17, 15) is 14.7 Å². The van der Waals surface area contributed by atoms with Crippen molar-refractivity contribution in [1.82, 2.24) is 0 Å². The van der Waals surface area contributed by atoms with Crippen LogP contribution in [0.5, 0.6) is 0 Å². The Hall–Kier alpha value is -3.11. The topological polar surface area (TPSA) is 66.4 Å². The van der Waals surface area contributed by atoms with Gasteiger partial charge in [0.1, 0.15) is 0 Å². The standard InChI is InChI=1S/C22H18ClNO3/c23-18-11-9-17(10-12-18)21(25)24-20-14-16(8-13-19(20)22(26)27)7-6-15-4-2-1-3-5-15/h1-5,8-14H,6-7H2,(H,24,25)(H,26,27). The summed E-state index contributed by atoms with van der Waals surface area (Å²) in [5.74, 6) is -1.47. The van der Waals surface area contributed by atoms with Crippen molar-refractivity contribution in [3.8, 4) is 0 Å². The molecule has 2 N–H and O–H groups in total. The molecule has 0 atom stereocenters. The van der Waals surface area contributed by atoms with Crippen LogP contribution in [0.15, 0.2) is 72.8 Å². The van der Waals surface area contributed by atoms with Gasteiger partial charge in [-0.05, 0) is 60.4 Å². The molecule has 0 bridgehead atoms. The second kappa shape index (κ2) is 8.52. The van der Waals surface area contributed by atoms with Crippen LogP contribution in [-0.4, -0.2) is 17.0 Å². The summed E-state index contributed by atoms with van der Waals surface area (Å²) < 4.78 is 0. The van der Waals surface area contributed by atoms with Crippen LogP contribution >= 0.6 is 11.6 Å². The Morgan fingerprint density at radius 2 is 1.52 bits per heavy atom. The molecule has 0 aromatic heterocycles. The molecule has 0 radical (unpaired) electrons. The number of nitrogens with one attached hydrogen (secondary N) is 1. The van der Waals surface area contributed by atoms with E-state index in [2.05, 4.69) is 17.4 Å². The summed E-state index contributed by atoms with van der Waals surface area (Å²) in [6, 6.07) is 21.5. The number of carbonyl (C=O) groups excluding carboxylic acids is 1. The minimum atomic E-state index is -1.09. The molecule has 3 rings (SSSR count). The fraction of sp³-hybridized carbons (Fsp3) is 0.0909. The van der Waals surface area contributed by atoms with E-state index in [1.54, 1.807) is 36.4 Å². The molecule has 0 saturated heterocycles. The average molecular weight is 380 g/mol. The summed E-state index contributed by atoms with van der Waals surface area (Å²) >= 11 is 5.84. The lowest BCUT2D eigenvalue weighted by Gasteiger charge is -2.11. The summed E-state index contributed by atoms with van der Waals surface area (Å²) in [6.07, 6.45) is 1.57. The number of benzene rings is 3. The number of amides is 1. The molecule has 1 amide bonds. The summed E-state index contributed by atoms with van der Waals surface area (Å²) in [4.78, 5) is 24.0. The maximum atomic E-state index is 12.4. The van der Waals surface area contributed by atoms with E-state index in [4.69, 9.17) is 11.6 Å². The number of carbonyl (C=O) groups is 2. The Morgan fingerprint density at radius 3 is 2.19 bits per heavy atom. The summed E-state index contributed by atoms with van der Waals surface area (Å²) in [5, 5.41) is 12.6. The zero-order valence-corrected chi connectivity index (χ0v) is 15.2. The molecule has 0 unspecified atom stereocenters. The Balaban J connectivity index is 1.80. The fourth-order valence-electron chi connectivity index (χ4n) is 2.77. The maximum Gasteiger partial charge on any atom is 0.337 e. The van der Waals surface area contributed by atoms with E-state index < -0.39 is 5.97 Å². The van der Waals surface area contributed by atoms with Gasteiger partial charge in [-0.25, -0.2) is 4.79 Å². The molecular weight excluding hydrogens is 362 g/mol. The minimum absolute atomic E-state index is 0.0563. The van der Waals surface area contributed by atoms with Crippen molar-refractivity contribution in [3.05, 3.63) is 100 Å². The Morgan fingerprint density at radius 1 is 0.852 bits per heavy atom. The number of hydrogen-bond acceptors (Lipinski definition) is 2. The van der Waals surface area contributed by atoms with Gasteiger partial charge in [-0.2, -0.15) is 0 Å². The number of anilines is 1. The number of halogens is 1. The Kier molecular flexibility index (Phi) is 5.89. The van der Waals surface area contributed by atoms with Crippen molar-refractivity contribution in [3.63, 3.8) is 0 Å². The summed E-state index contributed by atoms with van der Waals surface area (Å²) in [5.41, 5.74) is 2.90. The van der Waals surface area contributed by atoms with Gasteiger partial charge in [0, 0.05) is 10.6 Å². The monoisotopic (exact) mass is 379 g/mol. The average Bonchev–Trinajstić information content (AvgIpc) is 2.67. The zero-order valence-electron chi connectivity index (χ0n) is 14.5. The molecule has 0 saturated carbocycles. The fourth-order valence-corrected chi connectivity index (χ4v) is 2.89. The third-order valence-corrected chi connectivity index (χ3v) is 4.47. The molecule has 27 heavy (non-hydrogen) atoms. The molecule has 3 aromatic carbocycles. The van der Waals surface area contributed by atoms with Gasteiger partial charge in [-0.15, -0.1) is 0 Å². The number of aryl methyl sites for hydroxylation is 2. The lowest BCUT2D eigenvalue weighted by atomic mass is 10.0. The van der Waals surface area contributed by atoms with Crippen LogP contribution in [0, 0.1) is 0 Å². The summed E-state index contributed by atoms with van der Waals surface area (Å²) in [7, 11) is 0. The Bertz CT molecular complexity index is 953. The zero-order chi connectivity index (χ0) is 19.2. The van der Waals surface area contributed by atoms with Gasteiger partial charge >= 0.3 is 5.97 Å². The molecule has 0 aliphatic rings. The lowest BCUT2D eigenvalue weighted by Crippen LogP contribution is -2.15. The highest BCUT2D eigenvalue weighted by Gasteiger charge is 2.14. The van der Waals surface area contributed by atoms with Crippen LogP contribution in [0.25, 0.3) is 0 Å². The van der Waals surface area contributed by atoms with Gasteiger partial charge in [0.25, 0.3) is 5.91 Å². The van der Waals surface area contributed by atoms with Gasteiger partial charge in [-0.1, -0.05) is 48.0 Å². The number of hydrogen-bond donors (Lipinski definition) is 2. The van der Waals surface area contributed by atoms with E-state index in [1.165, 1.54) is 11.6 Å². The first kappa shape index (κ1) is 18.7. The lowest BCUT2D eigenvalue weighted by molar-refractivity contribution is 0.0698. The number of rotatable bonds is 6. The normalized spacial score (nSPS) is 10.4. The van der Waals surface area contributed by atoms with E-state index in [0.717, 1.165) is 18.4 Å². The minimum Gasteiger partial charge on any atom is -0.478 e. The first-order chi connectivity index (χ1) is 13.0. The third kappa shape index (κ3) is 4.96. The number of aromatic carboxylic acids is 1. The molecule has 3 aromatic rings. The molecule has 0 aliphatic carbocycles. The Labute approximate surface area is 162 Å². The molecule has 4 nitrogen and oxygen atoms in total. The second-order valence-corrected chi connectivity index (χ2v) is 6.57. The highest BCUT2D eigenvalue weighted by atomic mass is 35.5. The first-order valence-corrected chi connectivity index (χ1v) is 8.88. The van der Waals surface area contributed by atoms with Gasteiger partial charge < -0.3 is 10.4 Å². The third-order valence-electron chi connectivity index (χ3n) is 4.21. The van der Waals surface area contributed by atoms with Crippen molar-refractivity contribution in [2.75, 3.05) is 5.32 Å². The van der Waals surface area contributed by atoms with Crippen LogP contribution in [0.2, 0.25) is 5.02 Å². The highest BCUT2D eigenvalue weighted by Crippen LogP contribution is 2.21. The molecule has 5 heteroatoms. The van der Waals surface area contributed by atoms with Crippen molar-refractivity contribution < 1.29 is 14.7 Å². The molecular formula is C22H18ClNO3.